The summed E-state index contributed by atoms with van der Waals surface area (Å²) in [6.45, 7) is 0. The van der Waals surface area contributed by atoms with E-state index in [9.17, 15) is 0 Å². The molecule has 0 aliphatic heterocycles. The average molecular weight is 253 g/mol. The van der Waals surface area contributed by atoms with Crippen molar-refractivity contribution in [1.29, 1.82) is 0 Å². The van der Waals surface area contributed by atoms with Crippen LogP contribution in [0.5, 0.6) is 0 Å². The van der Waals surface area contributed by atoms with E-state index in [1.807, 2.05) is 12.3 Å². The molecule has 0 aromatic carbocycles. The summed E-state index contributed by atoms with van der Waals surface area (Å²) in [5.41, 5.74) is 0. The third-order valence-electron chi connectivity index (χ3n) is 3.40. The molecule has 0 amide bonds. The first kappa shape index (κ1) is 8.72. The van der Waals surface area contributed by atoms with Crippen molar-refractivity contribution in [2.45, 2.75) is 25.3 Å². The van der Waals surface area contributed by atoms with Crippen LogP contribution in [0.2, 0.25) is 0 Å². The Bertz CT molecular complexity index is 353. The summed E-state index contributed by atoms with van der Waals surface area (Å²) in [5, 5.41) is 3.53. The largest absolute Gasteiger partial charge is 0.367 e. The van der Waals surface area contributed by atoms with Crippen molar-refractivity contribution in [3.05, 3.63) is 22.8 Å². The zero-order valence-corrected chi connectivity index (χ0v) is 9.50. The van der Waals surface area contributed by atoms with E-state index < -0.39 is 0 Å². The van der Waals surface area contributed by atoms with E-state index in [-0.39, 0.29) is 0 Å². The molecule has 14 heavy (non-hydrogen) atoms. The molecule has 0 bridgehead atoms. The molecule has 1 heterocycles. The topological polar surface area (TPSA) is 24.9 Å². The van der Waals surface area contributed by atoms with Gasteiger partial charge in [-0.2, -0.15) is 0 Å². The summed E-state index contributed by atoms with van der Waals surface area (Å²) in [6, 6.07) is 4.69. The summed E-state index contributed by atoms with van der Waals surface area (Å²) >= 11 is 3.46. The third-order valence-corrected chi connectivity index (χ3v) is 3.89. The SMILES string of the molecule is Brc1ccnc(NC2CCC3CC32)c1. The molecule has 3 unspecified atom stereocenters. The highest BCUT2D eigenvalue weighted by molar-refractivity contribution is 9.10. The fraction of sp³-hybridized carbons (Fsp3) is 0.545. The van der Waals surface area contributed by atoms with Crippen molar-refractivity contribution >= 4 is 21.7 Å². The predicted molar refractivity (Wildman–Crippen MR) is 60.2 cm³/mol. The number of hydrogen-bond acceptors (Lipinski definition) is 2. The Balaban J connectivity index is 1.71. The Hall–Kier alpha value is -0.570. The molecule has 2 saturated carbocycles. The number of rotatable bonds is 2. The minimum atomic E-state index is 0.682. The van der Waals surface area contributed by atoms with Crippen LogP contribution in [0.3, 0.4) is 0 Å². The van der Waals surface area contributed by atoms with Gasteiger partial charge in [0, 0.05) is 16.7 Å². The molecule has 2 aliphatic carbocycles. The van der Waals surface area contributed by atoms with Crippen LogP contribution >= 0.6 is 15.9 Å². The quantitative estimate of drug-likeness (QED) is 0.876. The highest BCUT2D eigenvalue weighted by Gasteiger charge is 2.47. The summed E-state index contributed by atoms with van der Waals surface area (Å²) < 4.78 is 1.10. The average Bonchev–Trinajstić information content (AvgIpc) is 2.84. The smallest absolute Gasteiger partial charge is 0.127 e. The van der Waals surface area contributed by atoms with Crippen LogP contribution < -0.4 is 5.32 Å². The Kier molecular flexibility index (Phi) is 2.01. The summed E-state index contributed by atoms with van der Waals surface area (Å²) in [5.74, 6) is 2.98. The molecular formula is C11H13BrN2. The zero-order valence-electron chi connectivity index (χ0n) is 7.91. The fourth-order valence-electron chi connectivity index (χ4n) is 2.56. The van der Waals surface area contributed by atoms with Crippen molar-refractivity contribution in [1.82, 2.24) is 4.98 Å². The highest BCUT2D eigenvalue weighted by Crippen LogP contribution is 2.52. The number of pyridine rings is 1. The maximum atomic E-state index is 4.31. The van der Waals surface area contributed by atoms with Crippen LogP contribution in [-0.4, -0.2) is 11.0 Å². The van der Waals surface area contributed by atoms with Gasteiger partial charge in [0.2, 0.25) is 0 Å². The van der Waals surface area contributed by atoms with Gasteiger partial charge in [-0.1, -0.05) is 15.9 Å². The lowest BCUT2D eigenvalue weighted by Gasteiger charge is -2.14. The van der Waals surface area contributed by atoms with Gasteiger partial charge in [0.05, 0.1) is 0 Å². The number of halogens is 1. The molecular weight excluding hydrogens is 240 g/mol. The number of hydrogen-bond donors (Lipinski definition) is 1. The minimum Gasteiger partial charge on any atom is -0.367 e. The van der Waals surface area contributed by atoms with E-state index >= 15 is 0 Å². The van der Waals surface area contributed by atoms with Crippen LogP contribution in [0.25, 0.3) is 0 Å². The van der Waals surface area contributed by atoms with E-state index in [0.717, 1.165) is 22.1 Å². The lowest BCUT2D eigenvalue weighted by molar-refractivity contribution is 0.651. The van der Waals surface area contributed by atoms with Gasteiger partial charge < -0.3 is 5.32 Å². The molecule has 1 aromatic rings. The monoisotopic (exact) mass is 252 g/mol. The first-order valence-corrected chi connectivity index (χ1v) is 6.00. The Labute approximate surface area is 92.2 Å². The van der Waals surface area contributed by atoms with Gasteiger partial charge >= 0.3 is 0 Å². The van der Waals surface area contributed by atoms with Crippen LogP contribution in [-0.2, 0) is 0 Å². The van der Waals surface area contributed by atoms with Crippen molar-refractivity contribution < 1.29 is 0 Å². The van der Waals surface area contributed by atoms with E-state index in [0.29, 0.717) is 6.04 Å². The molecule has 1 aromatic heterocycles. The number of anilines is 1. The van der Waals surface area contributed by atoms with E-state index in [4.69, 9.17) is 0 Å². The standard InChI is InChI=1S/C11H13BrN2/c12-8-3-4-13-11(6-8)14-10-2-1-7-5-9(7)10/h3-4,6-7,9-10H,1-2,5H2,(H,13,14). The zero-order chi connectivity index (χ0) is 9.54. The van der Waals surface area contributed by atoms with Crippen LogP contribution in [0.1, 0.15) is 19.3 Å². The highest BCUT2D eigenvalue weighted by atomic mass is 79.9. The lowest BCUT2D eigenvalue weighted by Crippen LogP contribution is -2.19. The second-order valence-corrected chi connectivity index (χ2v) is 5.26. The van der Waals surface area contributed by atoms with Gasteiger partial charge in [-0.25, -0.2) is 4.98 Å². The van der Waals surface area contributed by atoms with Crippen molar-refractivity contribution in [2.24, 2.45) is 11.8 Å². The van der Waals surface area contributed by atoms with Gasteiger partial charge in [-0.3, -0.25) is 0 Å². The number of fused-ring (bicyclic) bond motifs is 1. The molecule has 2 aliphatic rings. The molecule has 2 fully saturated rings. The van der Waals surface area contributed by atoms with Crippen LogP contribution in [0, 0.1) is 11.8 Å². The molecule has 3 heteroatoms. The summed E-state index contributed by atoms with van der Waals surface area (Å²) in [6.07, 6.45) is 6.01. The second-order valence-electron chi connectivity index (χ2n) is 4.35. The normalized spacial score (nSPS) is 33.9. The van der Waals surface area contributed by atoms with Gasteiger partial charge in [0.1, 0.15) is 5.82 Å². The van der Waals surface area contributed by atoms with Gasteiger partial charge in [-0.05, 0) is 43.2 Å². The van der Waals surface area contributed by atoms with Gasteiger partial charge in [-0.15, -0.1) is 0 Å². The van der Waals surface area contributed by atoms with E-state index in [1.165, 1.54) is 19.3 Å². The molecule has 2 nitrogen and oxygen atoms in total. The van der Waals surface area contributed by atoms with E-state index in [2.05, 4.69) is 32.3 Å². The van der Waals surface area contributed by atoms with E-state index in [1.54, 1.807) is 0 Å². The maximum absolute atomic E-state index is 4.31. The molecule has 0 spiro atoms. The van der Waals surface area contributed by atoms with Crippen molar-refractivity contribution in [2.75, 3.05) is 5.32 Å². The van der Waals surface area contributed by atoms with Gasteiger partial charge in [0.15, 0.2) is 0 Å². The first-order chi connectivity index (χ1) is 6.83. The summed E-state index contributed by atoms with van der Waals surface area (Å²) in [4.78, 5) is 4.31. The molecule has 0 saturated heterocycles. The third kappa shape index (κ3) is 1.54. The Morgan fingerprint density at radius 1 is 1.43 bits per heavy atom. The molecule has 0 radical (unpaired) electrons. The van der Waals surface area contributed by atoms with Crippen LogP contribution in [0.4, 0.5) is 5.82 Å². The Morgan fingerprint density at radius 3 is 3.00 bits per heavy atom. The first-order valence-electron chi connectivity index (χ1n) is 5.21. The van der Waals surface area contributed by atoms with Gasteiger partial charge in [0.25, 0.3) is 0 Å². The number of nitrogens with zero attached hydrogens (tertiary/aromatic N) is 1. The van der Waals surface area contributed by atoms with Crippen LogP contribution in [0.15, 0.2) is 22.8 Å². The fourth-order valence-corrected chi connectivity index (χ4v) is 2.89. The number of nitrogens with one attached hydrogen (secondary N) is 1. The predicted octanol–water partition coefficient (Wildman–Crippen LogP) is 3.05. The van der Waals surface area contributed by atoms with Crippen molar-refractivity contribution in [3.8, 4) is 0 Å². The maximum Gasteiger partial charge on any atom is 0.127 e. The molecule has 1 N–H and O–H groups in total. The molecule has 3 atom stereocenters. The number of aromatic nitrogens is 1. The molecule has 3 rings (SSSR count). The minimum absolute atomic E-state index is 0.682. The lowest BCUT2D eigenvalue weighted by atomic mass is 10.2. The summed E-state index contributed by atoms with van der Waals surface area (Å²) in [7, 11) is 0. The molecule has 74 valence electrons. The second kappa shape index (κ2) is 3.23. The Morgan fingerprint density at radius 2 is 2.36 bits per heavy atom. The van der Waals surface area contributed by atoms with Crippen molar-refractivity contribution in [3.63, 3.8) is 0 Å².